The minimum absolute atomic E-state index is 0.307. The van der Waals surface area contributed by atoms with Crippen LogP contribution in [-0.4, -0.2) is 16.3 Å². The van der Waals surface area contributed by atoms with Crippen LogP contribution in [0.1, 0.15) is 36.5 Å². The molecule has 3 heteroatoms. The highest BCUT2D eigenvalue weighted by atomic mass is 79.9. The van der Waals surface area contributed by atoms with Crippen molar-refractivity contribution in [3.63, 3.8) is 0 Å². The first-order valence-corrected chi connectivity index (χ1v) is 6.59. The van der Waals surface area contributed by atoms with Gasteiger partial charge in [-0.15, -0.1) is 0 Å². The molecule has 0 saturated carbocycles. The second-order valence-electron chi connectivity index (χ2n) is 4.60. The fourth-order valence-corrected chi connectivity index (χ4v) is 3.08. The van der Waals surface area contributed by atoms with Crippen molar-refractivity contribution < 1.29 is 10.2 Å². The largest absolute Gasteiger partial charge is 0.506 e. The number of phenolic OH excluding ortho intramolecular Hbond substituents is 1. The van der Waals surface area contributed by atoms with Crippen molar-refractivity contribution in [1.82, 2.24) is 0 Å². The predicted octanol–water partition coefficient (Wildman–Crippen LogP) is 2.96. The van der Waals surface area contributed by atoms with E-state index in [-0.39, 0.29) is 0 Å². The van der Waals surface area contributed by atoms with Crippen LogP contribution in [0, 0.1) is 0 Å². The third-order valence-electron chi connectivity index (χ3n) is 3.15. The number of halogens is 1. The predicted molar refractivity (Wildman–Crippen MR) is 67.8 cm³/mol. The average Bonchev–Trinajstić information content (AvgIpc) is 2.25. The highest BCUT2D eigenvalue weighted by molar-refractivity contribution is 9.10. The summed E-state index contributed by atoms with van der Waals surface area (Å²) in [7, 11) is 0. The monoisotopic (exact) mass is 284 g/mol. The van der Waals surface area contributed by atoms with Crippen molar-refractivity contribution in [3.05, 3.63) is 27.2 Å². The standard InChI is InChI=1S/C13H17BrO2/c1-8(15)6-10-7-9-4-2-3-5-11(9)12(14)13(10)16/h7-8,15-16H,2-6H2,1H3. The van der Waals surface area contributed by atoms with Gasteiger partial charge in [-0.05, 0) is 65.2 Å². The van der Waals surface area contributed by atoms with E-state index in [2.05, 4.69) is 22.0 Å². The topological polar surface area (TPSA) is 40.5 Å². The van der Waals surface area contributed by atoms with Gasteiger partial charge in [-0.3, -0.25) is 0 Å². The SMILES string of the molecule is CC(O)Cc1cc2c(c(Br)c1O)CCCC2. The summed E-state index contributed by atoms with van der Waals surface area (Å²) in [4.78, 5) is 0. The number of hydrogen-bond donors (Lipinski definition) is 2. The number of hydrogen-bond acceptors (Lipinski definition) is 2. The fourth-order valence-electron chi connectivity index (χ4n) is 2.38. The molecule has 0 aliphatic heterocycles. The van der Waals surface area contributed by atoms with E-state index < -0.39 is 6.10 Å². The molecule has 1 aliphatic carbocycles. The number of rotatable bonds is 2. The van der Waals surface area contributed by atoms with Crippen molar-refractivity contribution in [3.8, 4) is 5.75 Å². The molecule has 2 nitrogen and oxygen atoms in total. The molecule has 0 heterocycles. The van der Waals surface area contributed by atoms with Crippen molar-refractivity contribution in [1.29, 1.82) is 0 Å². The van der Waals surface area contributed by atoms with Gasteiger partial charge in [0, 0.05) is 6.42 Å². The zero-order valence-electron chi connectivity index (χ0n) is 9.46. The Kier molecular flexibility index (Phi) is 3.55. The number of fused-ring (bicyclic) bond motifs is 1. The minimum Gasteiger partial charge on any atom is -0.506 e. The van der Waals surface area contributed by atoms with E-state index >= 15 is 0 Å². The van der Waals surface area contributed by atoms with E-state index in [9.17, 15) is 10.2 Å². The summed E-state index contributed by atoms with van der Waals surface area (Å²) in [5.41, 5.74) is 3.42. The molecule has 1 aromatic carbocycles. The quantitative estimate of drug-likeness (QED) is 0.877. The third kappa shape index (κ3) is 2.25. The molecule has 1 atom stereocenters. The molecule has 88 valence electrons. The van der Waals surface area contributed by atoms with E-state index in [1.165, 1.54) is 24.0 Å². The summed E-state index contributed by atoms with van der Waals surface area (Å²) >= 11 is 3.48. The van der Waals surface area contributed by atoms with Crippen molar-refractivity contribution in [2.45, 2.75) is 45.1 Å². The molecule has 1 unspecified atom stereocenters. The first-order chi connectivity index (χ1) is 7.59. The summed E-state index contributed by atoms with van der Waals surface area (Å²) in [6, 6.07) is 2.06. The highest BCUT2D eigenvalue weighted by Crippen LogP contribution is 2.38. The second-order valence-corrected chi connectivity index (χ2v) is 5.39. The van der Waals surface area contributed by atoms with E-state index in [4.69, 9.17) is 0 Å². The number of phenols is 1. The van der Waals surface area contributed by atoms with Gasteiger partial charge in [0.05, 0.1) is 10.6 Å². The maximum absolute atomic E-state index is 10.0. The number of benzene rings is 1. The van der Waals surface area contributed by atoms with E-state index in [1.54, 1.807) is 6.92 Å². The highest BCUT2D eigenvalue weighted by Gasteiger charge is 2.18. The fraction of sp³-hybridized carbons (Fsp3) is 0.538. The van der Waals surface area contributed by atoms with Gasteiger partial charge in [0.2, 0.25) is 0 Å². The van der Waals surface area contributed by atoms with Crippen molar-refractivity contribution in [2.24, 2.45) is 0 Å². The van der Waals surface area contributed by atoms with Crippen LogP contribution in [0.25, 0.3) is 0 Å². The molecule has 0 saturated heterocycles. The Morgan fingerprint density at radius 3 is 2.75 bits per heavy atom. The summed E-state index contributed by atoms with van der Waals surface area (Å²) in [6.07, 6.45) is 4.63. The van der Waals surface area contributed by atoms with Gasteiger partial charge >= 0.3 is 0 Å². The molecular weight excluding hydrogens is 268 g/mol. The Morgan fingerprint density at radius 2 is 2.06 bits per heavy atom. The Balaban J connectivity index is 2.44. The molecule has 2 N–H and O–H groups in total. The number of aliphatic hydroxyl groups is 1. The molecule has 2 rings (SSSR count). The van der Waals surface area contributed by atoms with Crippen molar-refractivity contribution in [2.75, 3.05) is 0 Å². The van der Waals surface area contributed by atoms with Crippen LogP contribution in [0.3, 0.4) is 0 Å². The molecule has 0 spiro atoms. The van der Waals surface area contributed by atoms with Gasteiger partial charge in [0.15, 0.2) is 0 Å². The van der Waals surface area contributed by atoms with Crippen LogP contribution in [0.15, 0.2) is 10.5 Å². The summed E-state index contributed by atoms with van der Waals surface area (Å²) in [5.74, 6) is 0.307. The van der Waals surface area contributed by atoms with Crippen LogP contribution >= 0.6 is 15.9 Å². The zero-order chi connectivity index (χ0) is 11.7. The molecule has 1 aromatic rings. The molecular formula is C13H17BrO2. The second kappa shape index (κ2) is 4.76. The van der Waals surface area contributed by atoms with Gasteiger partial charge < -0.3 is 10.2 Å². The lowest BCUT2D eigenvalue weighted by Crippen LogP contribution is -2.09. The summed E-state index contributed by atoms with van der Waals surface area (Å²) in [5, 5.41) is 19.4. The van der Waals surface area contributed by atoms with Crippen LogP contribution in [0.2, 0.25) is 0 Å². The lowest BCUT2D eigenvalue weighted by atomic mass is 9.89. The summed E-state index contributed by atoms with van der Waals surface area (Å²) in [6.45, 7) is 1.74. The molecule has 0 aromatic heterocycles. The molecule has 1 aliphatic rings. The molecule has 0 bridgehead atoms. The lowest BCUT2D eigenvalue weighted by molar-refractivity contribution is 0.194. The summed E-state index contributed by atoms with van der Waals surface area (Å²) < 4.78 is 0.834. The third-order valence-corrected chi connectivity index (χ3v) is 4.01. The Labute approximate surface area is 104 Å². The van der Waals surface area contributed by atoms with Gasteiger partial charge in [0.25, 0.3) is 0 Å². The molecule has 0 amide bonds. The normalized spacial score (nSPS) is 16.9. The average molecular weight is 285 g/mol. The first kappa shape index (κ1) is 11.9. The Morgan fingerprint density at radius 1 is 1.38 bits per heavy atom. The van der Waals surface area contributed by atoms with Gasteiger partial charge in [0.1, 0.15) is 5.75 Å². The van der Waals surface area contributed by atoms with Gasteiger partial charge in [-0.1, -0.05) is 6.07 Å². The molecule has 0 radical (unpaired) electrons. The minimum atomic E-state index is -0.417. The smallest absolute Gasteiger partial charge is 0.133 e. The van der Waals surface area contributed by atoms with Crippen LogP contribution in [0.5, 0.6) is 5.75 Å². The van der Waals surface area contributed by atoms with E-state index in [1.807, 2.05) is 0 Å². The number of aromatic hydroxyl groups is 1. The first-order valence-electron chi connectivity index (χ1n) is 5.79. The number of aliphatic hydroxyl groups excluding tert-OH is 1. The van der Waals surface area contributed by atoms with E-state index in [0.29, 0.717) is 12.2 Å². The van der Waals surface area contributed by atoms with Crippen molar-refractivity contribution >= 4 is 15.9 Å². The maximum Gasteiger partial charge on any atom is 0.133 e. The maximum atomic E-state index is 10.0. The van der Waals surface area contributed by atoms with Crippen LogP contribution in [-0.2, 0) is 19.3 Å². The van der Waals surface area contributed by atoms with E-state index in [0.717, 1.165) is 22.9 Å². The number of aryl methyl sites for hydroxylation is 1. The van der Waals surface area contributed by atoms with Crippen LogP contribution in [0.4, 0.5) is 0 Å². The Hall–Kier alpha value is -0.540. The molecule has 16 heavy (non-hydrogen) atoms. The van der Waals surface area contributed by atoms with Gasteiger partial charge in [-0.2, -0.15) is 0 Å². The Bertz CT molecular complexity index is 399. The van der Waals surface area contributed by atoms with Gasteiger partial charge in [-0.25, -0.2) is 0 Å². The lowest BCUT2D eigenvalue weighted by Gasteiger charge is -2.20. The molecule has 0 fully saturated rings. The zero-order valence-corrected chi connectivity index (χ0v) is 11.0. The van der Waals surface area contributed by atoms with Crippen LogP contribution < -0.4 is 0 Å².